The predicted octanol–water partition coefficient (Wildman–Crippen LogP) is 2.77. The number of benzene rings is 1. The standard InChI is InChI=1S/C16H23ClN2O4S/c1-16(2,3)23-15(20)19-8-7-14(10-19)18-24(21,22)11-12-5-4-6-13(17)9-12/h4-6,9,14,18H,7-8,10-11H2,1-3H3. The van der Waals surface area contributed by atoms with Crippen molar-refractivity contribution in [3.05, 3.63) is 34.9 Å². The Balaban J connectivity index is 1.91. The normalized spacial score (nSPS) is 18.7. The number of hydrogen-bond donors (Lipinski definition) is 1. The van der Waals surface area contributed by atoms with E-state index in [0.29, 0.717) is 30.1 Å². The molecule has 1 atom stereocenters. The summed E-state index contributed by atoms with van der Waals surface area (Å²) in [5.41, 5.74) is 0.0540. The second-order valence-electron chi connectivity index (χ2n) is 6.92. The van der Waals surface area contributed by atoms with Crippen molar-refractivity contribution in [2.24, 2.45) is 0 Å². The molecular formula is C16H23ClN2O4S. The van der Waals surface area contributed by atoms with Gasteiger partial charge in [-0.25, -0.2) is 17.9 Å². The van der Waals surface area contributed by atoms with Crippen LogP contribution >= 0.6 is 11.6 Å². The Bertz CT molecular complexity index is 700. The maximum absolute atomic E-state index is 12.3. The molecule has 1 aliphatic heterocycles. The van der Waals surface area contributed by atoms with Gasteiger partial charge in [-0.15, -0.1) is 0 Å². The molecule has 0 aliphatic carbocycles. The van der Waals surface area contributed by atoms with E-state index in [2.05, 4.69) is 4.72 Å². The Kier molecular flexibility index (Phi) is 5.78. The summed E-state index contributed by atoms with van der Waals surface area (Å²) in [4.78, 5) is 13.5. The minimum atomic E-state index is -3.51. The first-order valence-corrected chi connectivity index (χ1v) is 9.79. The molecule has 6 nitrogen and oxygen atoms in total. The van der Waals surface area contributed by atoms with Gasteiger partial charge in [0.15, 0.2) is 0 Å². The Hall–Kier alpha value is -1.31. The first-order valence-electron chi connectivity index (χ1n) is 7.76. The van der Waals surface area contributed by atoms with E-state index in [1.54, 1.807) is 45.0 Å². The molecule has 2 rings (SSSR count). The van der Waals surface area contributed by atoms with Gasteiger partial charge in [-0.3, -0.25) is 0 Å². The van der Waals surface area contributed by atoms with Crippen LogP contribution in [0.2, 0.25) is 5.02 Å². The van der Waals surface area contributed by atoms with E-state index in [9.17, 15) is 13.2 Å². The van der Waals surface area contributed by atoms with Gasteiger partial charge in [0.2, 0.25) is 10.0 Å². The van der Waals surface area contributed by atoms with E-state index >= 15 is 0 Å². The second-order valence-corrected chi connectivity index (χ2v) is 9.11. The molecule has 134 valence electrons. The molecule has 1 heterocycles. The van der Waals surface area contributed by atoms with Gasteiger partial charge >= 0.3 is 6.09 Å². The van der Waals surface area contributed by atoms with Crippen LogP contribution < -0.4 is 4.72 Å². The number of sulfonamides is 1. The van der Waals surface area contributed by atoms with E-state index in [1.807, 2.05) is 0 Å². The Morgan fingerprint density at radius 2 is 2.12 bits per heavy atom. The van der Waals surface area contributed by atoms with Crippen LogP contribution in [-0.4, -0.2) is 44.1 Å². The lowest BCUT2D eigenvalue weighted by molar-refractivity contribution is 0.0292. The van der Waals surface area contributed by atoms with Crippen molar-refractivity contribution in [2.45, 2.75) is 44.6 Å². The third kappa shape index (κ3) is 5.96. The molecular weight excluding hydrogens is 352 g/mol. The molecule has 1 N–H and O–H groups in total. The first-order chi connectivity index (χ1) is 11.0. The maximum Gasteiger partial charge on any atom is 0.410 e. The molecule has 24 heavy (non-hydrogen) atoms. The fraction of sp³-hybridized carbons (Fsp3) is 0.562. The van der Waals surface area contributed by atoms with Crippen LogP contribution in [-0.2, 0) is 20.5 Å². The Morgan fingerprint density at radius 3 is 2.75 bits per heavy atom. The van der Waals surface area contributed by atoms with Crippen molar-refractivity contribution >= 4 is 27.7 Å². The average Bonchev–Trinajstić information content (AvgIpc) is 2.83. The van der Waals surface area contributed by atoms with Crippen LogP contribution in [0.5, 0.6) is 0 Å². The largest absolute Gasteiger partial charge is 0.444 e. The van der Waals surface area contributed by atoms with Crippen LogP contribution in [0, 0.1) is 0 Å². The van der Waals surface area contributed by atoms with Gasteiger partial charge in [-0.2, -0.15) is 0 Å². The molecule has 1 fully saturated rings. The van der Waals surface area contributed by atoms with Crippen molar-refractivity contribution in [2.75, 3.05) is 13.1 Å². The maximum atomic E-state index is 12.3. The van der Waals surface area contributed by atoms with Crippen molar-refractivity contribution in [3.8, 4) is 0 Å². The number of halogens is 1. The molecule has 1 saturated heterocycles. The van der Waals surface area contributed by atoms with Gasteiger partial charge in [0.25, 0.3) is 0 Å². The summed E-state index contributed by atoms with van der Waals surface area (Å²) in [6.07, 6.45) is 0.146. The Morgan fingerprint density at radius 1 is 1.42 bits per heavy atom. The van der Waals surface area contributed by atoms with Crippen LogP contribution in [0.3, 0.4) is 0 Å². The van der Waals surface area contributed by atoms with Gasteiger partial charge < -0.3 is 9.64 Å². The fourth-order valence-electron chi connectivity index (χ4n) is 2.49. The molecule has 1 amide bonds. The smallest absolute Gasteiger partial charge is 0.410 e. The third-order valence-corrected chi connectivity index (χ3v) is 5.07. The minimum absolute atomic E-state index is 0.142. The topological polar surface area (TPSA) is 75.7 Å². The van der Waals surface area contributed by atoms with Crippen LogP contribution in [0.4, 0.5) is 4.79 Å². The summed E-state index contributed by atoms with van der Waals surface area (Å²) < 4.78 is 32.5. The first kappa shape index (κ1) is 19.0. The summed E-state index contributed by atoms with van der Waals surface area (Å²) in [6.45, 7) is 6.17. The highest BCUT2D eigenvalue weighted by molar-refractivity contribution is 7.88. The van der Waals surface area contributed by atoms with Crippen LogP contribution in [0.1, 0.15) is 32.8 Å². The van der Waals surface area contributed by atoms with Crippen molar-refractivity contribution in [3.63, 3.8) is 0 Å². The van der Waals surface area contributed by atoms with E-state index in [4.69, 9.17) is 16.3 Å². The number of ether oxygens (including phenoxy) is 1. The SMILES string of the molecule is CC(C)(C)OC(=O)N1CCC(NS(=O)(=O)Cc2cccc(Cl)c2)C1. The number of hydrogen-bond acceptors (Lipinski definition) is 4. The van der Waals surface area contributed by atoms with Crippen molar-refractivity contribution in [1.82, 2.24) is 9.62 Å². The number of carbonyl (C=O) groups is 1. The second kappa shape index (κ2) is 7.29. The van der Waals surface area contributed by atoms with E-state index in [1.165, 1.54) is 4.90 Å². The molecule has 0 aromatic heterocycles. The zero-order chi connectivity index (χ0) is 18.0. The number of nitrogens with zero attached hydrogens (tertiary/aromatic N) is 1. The highest BCUT2D eigenvalue weighted by atomic mass is 35.5. The zero-order valence-electron chi connectivity index (χ0n) is 14.1. The van der Waals surface area contributed by atoms with E-state index < -0.39 is 21.7 Å². The lowest BCUT2D eigenvalue weighted by atomic mass is 10.2. The predicted molar refractivity (Wildman–Crippen MR) is 93.4 cm³/mol. The lowest BCUT2D eigenvalue weighted by Crippen LogP contribution is -2.40. The fourth-order valence-corrected chi connectivity index (χ4v) is 4.11. The number of carbonyl (C=O) groups excluding carboxylic acids is 1. The number of amides is 1. The highest BCUT2D eigenvalue weighted by Gasteiger charge is 2.31. The Labute approximate surface area is 148 Å². The molecule has 0 spiro atoms. The third-order valence-electron chi connectivity index (χ3n) is 3.43. The molecule has 8 heteroatoms. The lowest BCUT2D eigenvalue weighted by Gasteiger charge is -2.24. The van der Waals surface area contributed by atoms with Gasteiger partial charge in [0.05, 0.1) is 5.75 Å². The van der Waals surface area contributed by atoms with Gasteiger partial charge in [-0.05, 0) is 44.9 Å². The van der Waals surface area contributed by atoms with Crippen LogP contribution in [0.25, 0.3) is 0 Å². The van der Waals surface area contributed by atoms with E-state index in [0.717, 1.165) is 0 Å². The van der Waals surface area contributed by atoms with Crippen molar-refractivity contribution in [1.29, 1.82) is 0 Å². The quantitative estimate of drug-likeness (QED) is 0.879. The molecule has 0 saturated carbocycles. The number of likely N-dealkylation sites (tertiary alicyclic amines) is 1. The van der Waals surface area contributed by atoms with Crippen LogP contribution in [0.15, 0.2) is 24.3 Å². The summed E-state index contributed by atoms with van der Waals surface area (Å²) in [7, 11) is -3.51. The molecule has 1 unspecified atom stereocenters. The molecule has 0 radical (unpaired) electrons. The minimum Gasteiger partial charge on any atom is -0.444 e. The monoisotopic (exact) mass is 374 g/mol. The van der Waals surface area contributed by atoms with Gasteiger partial charge in [0.1, 0.15) is 5.60 Å². The zero-order valence-corrected chi connectivity index (χ0v) is 15.7. The summed E-state index contributed by atoms with van der Waals surface area (Å²) >= 11 is 5.88. The van der Waals surface area contributed by atoms with Crippen molar-refractivity contribution < 1.29 is 17.9 Å². The molecule has 0 bridgehead atoms. The van der Waals surface area contributed by atoms with E-state index in [-0.39, 0.29) is 11.8 Å². The highest BCUT2D eigenvalue weighted by Crippen LogP contribution is 2.17. The van der Waals surface area contributed by atoms with Gasteiger partial charge in [-0.1, -0.05) is 23.7 Å². The summed E-state index contributed by atoms with van der Waals surface area (Å²) in [5, 5.41) is 0.500. The number of nitrogens with one attached hydrogen (secondary N) is 1. The molecule has 1 aromatic carbocycles. The number of rotatable bonds is 4. The molecule has 1 aromatic rings. The average molecular weight is 375 g/mol. The summed E-state index contributed by atoms with van der Waals surface area (Å²) in [5.74, 6) is -0.142. The summed E-state index contributed by atoms with van der Waals surface area (Å²) in [6, 6.07) is 6.45. The molecule has 1 aliphatic rings. The van der Waals surface area contributed by atoms with Gasteiger partial charge in [0, 0.05) is 24.2 Å².